The quantitative estimate of drug-likeness (QED) is 0.718. The highest BCUT2D eigenvalue weighted by molar-refractivity contribution is 5.89. The van der Waals surface area contributed by atoms with E-state index in [1.807, 2.05) is 12.1 Å². The lowest BCUT2D eigenvalue weighted by molar-refractivity contribution is 0.0455. The van der Waals surface area contributed by atoms with Gasteiger partial charge in [0, 0.05) is 6.54 Å². The molecule has 2 aromatic rings. The van der Waals surface area contributed by atoms with Gasteiger partial charge in [-0.15, -0.1) is 0 Å². The van der Waals surface area contributed by atoms with Gasteiger partial charge >= 0.3 is 5.97 Å². The van der Waals surface area contributed by atoms with Crippen LogP contribution in [0.2, 0.25) is 0 Å². The molecule has 1 aliphatic rings. The van der Waals surface area contributed by atoms with Crippen molar-refractivity contribution in [2.75, 3.05) is 13.7 Å². The molecule has 1 unspecified atom stereocenters. The first-order chi connectivity index (χ1) is 13.2. The summed E-state index contributed by atoms with van der Waals surface area (Å²) in [6.45, 7) is 0.886. The monoisotopic (exact) mass is 367 g/mol. The standard InChI is InChI=1S/C23H29NO3/c1-26-23(25)21-9-7-17(8-10-21)16-27-22(15-24)20-13-11-19(12-14-20)18-5-3-2-4-6-18/h7-14,18,22H,2-6,15-16,24H2,1H3. The van der Waals surface area contributed by atoms with Gasteiger partial charge in [0.1, 0.15) is 0 Å². The Morgan fingerprint density at radius 1 is 1.04 bits per heavy atom. The number of esters is 1. The number of carbonyl (C=O) groups excluding carboxylic acids is 1. The minimum atomic E-state index is -0.333. The Labute approximate surface area is 161 Å². The van der Waals surface area contributed by atoms with E-state index in [1.54, 1.807) is 12.1 Å². The fourth-order valence-electron chi connectivity index (χ4n) is 3.77. The Hall–Kier alpha value is -2.17. The summed E-state index contributed by atoms with van der Waals surface area (Å²) < 4.78 is 10.8. The Balaban J connectivity index is 1.59. The molecular weight excluding hydrogens is 338 g/mol. The van der Waals surface area contributed by atoms with Crippen molar-refractivity contribution in [3.63, 3.8) is 0 Å². The zero-order valence-electron chi connectivity index (χ0n) is 16.0. The maximum absolute atomic E-state index is 11.5. The molecule has 27 heavy (non-hydrogen) atoms. The molecule has 0 bridgehead atoms. The lowest BCUT2D eigenvalue weighted by Gasteiger charge is -2.23. The van der Waals surface area contributed by atoms with Gasteiger partial charge in [-0.2, -0.15) is 0 Å². The van der Waals surface area contributed by atoms with Gasteiger partial charge in [0.15, 0.2) is 0 Å². The summed E-state index contributed by atoms with van der Waals surface area (Å²) in [5, 5.41) is 0. The van der Waals surface area contributed by atoms with Crippen molar-refractivity contribution >= 4 is 5.97 Å². The number of hydrogen-bond donors (Lipinski definition) is 1. The summed E-state index contributed by atoms with van der Waals surface area (Å²) in [5.74, 6) is 0.374. The third-order valence-corrected chi connectivity index (χ3v) is 5.43. The van der Waals surface area contributed by atoms with Gasteiger partial charge in [0.05, 0.1) is 25.4 Å². The Morgan fingerprint density at radius 2 is 1.70 bits per heavy atom. The number of rotatable bonds is 7. The van der Waals surface area contributed by atoms with Crippen molar-refractivity contribution < 1.29 is 14.3 Å². The first-order valence-electron chi connectivity index (χ1n) is 9.80. The van der Waals surface area contributed by atoms with Gasteiger partial charge in [-0.05, 0) is 47.6 Å². The van der Waals surface area contributed by atoms with Crippen LogP contribution < -0.4 is 5.73 Å². The second-order valence-corrected chi connectivity index (χ2v) is 7.23. The molecule has 0 heterocycles. The van der Waals surface area contributed by atoms with Crippen LogP contribution in [0.15, 0.2) is 48.5 Å². The van der Waals surface area contributed by atoms with Gasteiger partial charge in [0.2, 0.25) is 0 Å². The van der Waals surface area contributed by atoms with Crippen LogP contribution in [0.3, 0.4) is 0 Å². The summed E-state index contributed by atoms with van der Waals surface area (Å²) >= 11 is 0. The zero-order chi connectivity index (χ0) is 19.1. The Bertz CT molecular complexity index is 718. The minimum absolute atomic E-state index is 0.134. The van der Waals surface area contributed by atoms with E-state index in [9.17, 15) is 4.79 Å². The number of ether oxygens (including phenoxy) is 2. The van der Waals surface area contributed by atoms with Crippen molar-refractivity contribution in [1.82, 2.24) is 0 Å². The number of benzene rings is 2. The van der Waals surface area contributed by atoms with Gasteiger partial charge in [-0.3, -0.25) is 0 Å². The molecule has 0 aromatic heterocycles. The molecule has 4 nitrogen and oxygen atoms in total. The predicted octanol–water partition coefficient (Wildman–Crippen LogP) is 4.74. The molecule has 1 aliphatic carbocycles. The van der Waals surface area contributed by atoms with Crippen LogP contribution in [-0.2, 0) is 16.1 Å². The summed E-state index contributed by atoms with van der Waals surface area (Å²) in [6, 6.07) is 16.1. The highest BCUT2D eigenvalue weighted by Crippen LogP contribution is 2.33. The molecule has 4 heteroatoms. The SMILES string of the molecule is COC(=O)c1ccc(COC(CN)c2ccc(C3CCCCC3)cc2)cc1. The zero-order valence-corrected chi connectivity index (χ0v) is 16.0. The number of methoxy groups -OCH3 is 1. The minimum Gasteiger partial charge on any atom is -0.465 e. The molecule has 0 saturated heterocycles. The van der Waals surface area contributed by atoms with Crippen molar-refractivity contribution in [2.45, 2.75) is 50.7 Å². The molecule has 0 spiro atoms. The van der Waals surface area contributed by atoms with E-state index in [0.29, 0.717) is 24.6 Å². The first kappa shape index (κ1) is 19.6. The van der Waals surface area contributed by atoms with Crippen molar-refractivity contribution in [1.29, 1.82) is 0 Å². The molecule has 1 saturated carbocycles. The largest absolute Gasteiger partial charge is 0.465 e. The predicted molar refractivity (Wildman–Crippen MR) is 107 cm³/mol. The highest BCUT2D eigenvalue weighted by Gasteiger charge is 2.16. The molecule has 2 N–H and O–H groups in total. The topological polar surface area (TPSA) is 61.5 Å². The summed E-state index contributed by atoms with van der Waals surface area (Å²) in [7, 11) is 1.38. The van der Waals surface area contributed by atoms with Crippen molar-refractivity contribution in [2.24, 2.45) is 5.73 Å². The fourth-order valence-corrected chi connectivity index (χ4v) is 3.77. The lowest BCUT2D eigenvalue weighted by Crippen LogP contribution is -2.16. The summed E-state index contributed by atoms with van der Waals surface area (Å²) in [5.41, 5.74) is 10.0. The molecule has 1 fully saturated rings. The van der Waals surface area contributed by atoms with Crippen LogP contribution in [0.1, 0.15) is 71.2 Å². The third-order valence-electron chi connectivity index (χ3n) is 5.43. The molecular formula is C23H29NO3. The molecule has 3 rings (SSSR count). The van der Waals surface area contributed by atoms with Crippen LogP contribution in [-0.4, -0.2) is 19.6 Å². The molecule has 0 radical (unpaired) electrons. The lowest BCUT2D eigenvalue weighted by atomic mass is 9.84. The van der Waals surface area contributed by atoms with Gasteiger partial charge in [-0.25, -0.2) is 4.79 Å². The molecule has 1 atom stereocenters. The second kappa shape index (κ2) is 9.67. The molecule has 2 aromatic carbocycles. The number of nitrogens with two attached hydrogens (primary N) is 1. The average Bonchev–Trinajstić information content (AvgIpc) is 2.75. The normalized spacial score (nSPS) is 16.1. The first-order valence-corrected chi connectivity index (χ1v) is 9.80. The summed E-state index contributed by atoms with van der Waals surface area (Å²) in [4.78, 5) is 11.5. The Kier molecular flexibility index (Phi) is 7.02. The number of carbonyl (C=O) groups is 1. The van der Waals surface area contributed by atoms with E-state index in [1.165, 1.54) is 44.8 Å². The molecule has 144 valence electrons. The van der Waals surface area contributed by atoms with Crippen LogP contribution in [0.25, 0.3) is 0 Å². The second-order valence-electron chi connectivity index (χ2n) is 7.23. The van der Waals surface area contributed by atoms with Crippen molar-refractivity contribution in [3.05, 3.63) is 70.8 Å². The van der Waals surface area contributed by atoms with Gasteiger partial charge < -0.3 is 15.2 Å². The molecule has 0 aliphatic heterocycles. The van der Waals surface area contributed by atoms with E-state index in [0.717, 1.165) is 11.1 Å². The van der Waals surface area contributed by atoms with E-state index in [4.69, 9.17) is 15.2 Å². The van der Waals surface area contributed by atoms with Gasteiger partial charge in [-0.1, -0.05) is 55.7 Å². The van der Waals surface area contributed by atoms with E-state index < -0.39 is 0 Å². The number of hydrogen-bond acceptors (Lipinski definition) is 4. The third kappa shape index (κ3) is 5.18. The summed E-state index contributed by atoms with van der Waals surface area (Å²) in [6.07, 6.45) is 6.53. The van der Waals surface area contributed by atoms with Crippen molar-refractivity contribution in [3.8, 4) is 0 Å². The van der Waals surface area contributed by atoms with Gasteiger partial charge in [0.25, 0.3) is 0 Å². The van der Waals surface area contributed by atoms with Crippen LogP contribution >= 0.6 is 0 Å². The van der Waals surface area contributed by atoms with Crippen LogP contribution in [0.4, 0.5) is 0 Å². The smallest absolute Gasteiger partial charge is 0.337 e. The van der Waals surface area contributed by atoms with E-state index in [2.05, 4.69) is 24.3 Å². The van der Waals surface area contributed by atoms with E-state index >= 15 is 0 Å². The van der Waals surface area contributed by atoms with Crippen LogP contribution in [0.5, 0.6) is 0 Å². The van der Waals surface area contributed by atoms with Crippen LogP contribution in [0, 0.1) is 0 Å². The highest BCUT2D eigenvalue weighted by atomic mass is 16.5. The Morgan fingerprint density at radius 3 is 2.30 bits per heavy atom. The molecule has 0 amide bonds. The average molecular weight is 367 g/mol. The fraction of sp³-hybridized carbons (Fsp3) is 0.435. The van der Waals surface area contributed by atoms with E-state index in [-0.39, 0.29) is 12.1 Å². The maximum Gasteiger partial charge on any atom is 0.337 e. The maximum atomic E-state index is 11.5.